The number of nitrogens with zero attached hydrogens (tertiary/aromatic N) is 2. The van der Waals surface area contributed by atoms with Crippen LogP contribution in [0.1, 0.15) is 22.2 Å². The van der Waals surface area contributed by atoms with Gasteiger partial charge in [-0.05, 0) is 35.9 Å². The minimum atomic E-state index is -0.779. The summed E-state index contributed by atoms with van der Waals surface area (Å²) in [5.74, 6) is -1.70. The van der Waals surface area contributed by atoms with Gasteiger partial charge in [0.1, 0.15) is 5.58 Å². The number of ketones is 1. The molecule has 148 valence electrons. The highest BCUT2D eigenvalue weighted by Crippen LogP contribution is 2.39. The Morgan fingerprint density at radius 2 is 2.17 bits per heavy atom. The number of halogens is 1. The van der Waals surface area contributed by atoms with E-state index >= 15 is 0 Å². The number of carbonyl (C=O) groups excluding carboxylic acids is 2. The Balaban J connectivity index is 1.79. The number of aliphatic hydroxyl groups is 1. The number of aliphatic hydroxyl groups excluding tert-OH is 1. The Hall–Kier alpha value is -2.97. The zero-order valence-corrected chi connectivity index (χ0v) is 17.0. The van der Waals surface area contributed by atoms with Crippen LogP contribution < -0.4 is 0 Å². The molecular formula is C21H17BrN2O5. The second-order valence-electron chi connectivity index (χ2n) is 6.56. The molecule has 1 aliphatic heterocycles. The predicted octanol–water partition coefficient (Wildman–Crippen LogP) is 3.82. The fourth-order valence-electron chi connectivity index (χ4n) is 3.45. The number of fused-ring (bicyclic) bond motifs is 1. The van der Waals surface area contributed by atoms with Gasteiger partial charge in [-0.2, -0.15) is 0 Å². The van der Waals surface area contributed by atoms with Gasteiger partial charge < -0.3 is 19.2 Å². The summed E-state index contributed by atoms with van der Waals surface area (Å²) in [5.41, 5.74) is 1.12. The first-order valence-electron chi connectivity index (χ1n) is 8.88. The van der Waals surface area contributed by atoms with Crippen LogP contribution in [0.2, 0.25) is 0 Å². The minimum absolute atomic E-state index is 0.0303. The number of ether oxygens (including phenoxy) is 1. The topological polar surface area (TPSA) is 92.9 Å². The summed E-state index contributed by atoms with van der Waals surface area (Å²) >= 11 is 3.39. The normalized spacial score (nSPS) is 16.8. The van der Waals surface area contributed by atoms with Crippen molar-refractivity contribution in [3.8, 4) is 0 Å². The van der Waals surface area contributed by atoms with E-state index in [0.717, 1.165) is 9.86 Å². The SMILES string of the molecule is COCCN1C(=O)C(O)=C(C(=O)c2cc3cc(Br)ccc3o2)C1c1cccnc1. The van der Waals surface area contributed by atoms with Gasteiger partial charge in [0, 0.05) is 35.9 Å². The molecule has 1 N–H and O–H groups in total. The number of carbonyl (C=O) groups is 2. The van der Waals surface area contributed by atoms with E-state index in [1.54, 1.807) is 42.7 Å². The molecule has 3 aromatic rings. The molecule has 29 heavy (non-hydrogen) atoms. The number of hydrogen-bond acceptors (Lipinski definition) is 6. The molecule has 1 unspecified atom stereocenters. The van der Waals surface area contributed by atoms with Gasteiger partial charge >= 0.3 is 0 Å². The molecule has 0 radical (unpaired) electrons. The van der Waals surface area contributed by atoms with Crippen LogP contribution in [-0.2, 0) is 9.53 Å². The van der Waals surface area contributed by atoms with Crippen LogP contribution in [-0.4, -0.2) is 46.9 Å². The highest BCUT2D eigenvalue weighted by atomic mass is 79.9. The fraction of sp³-hybridized carbons (Fsp3) is 0.190. The van der Waals surface area contributed by atoms with Crippen LogP contribution in [0, 0.1) is 0 Å². The van der Waals surface area contributed by atoms with E-state index in [1.807, 2.05) is 6.07 Å². The molecular weight excluding hydrogens is 440 g/mol. The van der Waals surface area contributed by atoms with Gasteiger partial charge in [-0.15, -0.1) is 0 Å². The average Bonchev–Trinajstić information content (AvgIpc) is 3.25. The maximum Gasteiger partial charge on any atom is 0.290 e. The molecule has 0 bridgehead atoms. The molecule has 7 nitrogen and oxygen atoms in total. The Labute approximate surface area is 174 Å². The van der Waals surface area contributed by atoms with Crippen molar-refractivity contribution in [1.29, 1.82) is 0 Å². The monoisotopic (exact) mass is 456 g/mol. The quantitative estimate of drug-likeness (QED) is 0.566. The number of amides is 1. The first-order valence-corrected chi connectivity index (χ1v) is 9.67. The Kier molecular flexibility index (Phi) is 5.21. The number of benzene rings is 1. The van der Waals surface area contributed by atoms with E-state index < -0.39 is 23.5 Å². The smallest absolute Gasteiger partial charge is 0.290 e. The van der Waals surface area contributed by atoms with Crippen LogP contribution in [0.5, 0.6) is 0 Å². The van der Waals surface area contributed by atoms with E-state index in [9.17, 15) is 14.7 Å². The number of pyridine rings is 1. The van der Waals surface area contributed by atoms with Crippen molar-refractivity contribution in [2.45, 2.75) is 6.04 Å². The molecule has 0 fully saturated rings. The lowest BCUT2D eigenvalue weighted by molar-refractivity contribution is -0.130. The molecule has 0 aliphatic carbocycles. The standard InChI is InChI=1S/C21H17BrN2O5/c1-28-8-7-24-18(12-3-2-6-23-11-12)17(20(26)21(24)27)19(25)16-10-13-9-14(22)4-5-15(13)29-16/h2-6,9-11,18,26H,7-8H2,1H3. The third kappa shape index (κ3) is 3.45. The summed E-state index contributed by atoms with van der Waals surface area (Å²) in [4.78, 5) is 31.5. The summed E-state index contributed by atoms with van der Waals surface area (Å²) in [5, 5.41) is 11.3. The molecule has 8 heteroatoms. The van der Waals surface area contributed by atoms with Crippen molar-refractivity contribution in [2.24, 2.45) is 0 Å². The van der Waals surface area contributed by atoms with Crippen LogP contribution >= 0.6 is 15.9 Å². The molecule has 1 aliphatic rings. The highest BCUT2D eigenvalue weighted by molar-refractivity contribution is 9.10. The number of methoxy groups -OCH3 is 1. The average molecular weight is 457 g/mol. The molecule has 0 saturated carbocycles. The minimum Gasteiger partial charge on any atom is -0.503 e. The summed E-state index contributed by atoms with van der Waals surface area (Å²) in [7, 11) is 1.52. The van der Waals surface area contributed by atoms with Crippen molar-refractivity contribution in [3.05, 3.63) is 75.9 Å². The zero-order chi connectivity index (χ0) is 20.5. The van der Waals surface area contributed by atoms with Gasteiger partial charge in [0.05, 0.1) is 18.2 Å². The van der Waals surface area contributed by atoms with Crippen molar-refractivity contribution in [3.63, 3.8) is 0 Å². The molecule has 1 amide bonds. The molecule has 0 saturated heterocycles. The van der Waals surface area contributed by atoms with Gasteiger partial charge in [-0.3, -0.25) is 14.6 Å². The van der Waals surface area contributed by atoms with Crippen molar-refractivity contribution in [2.75, 3.05) is 20.3 Å². The van der Waals surface area contributed by atoms with E-state index in [1.165, 1.54) is 12.0 Å². The maximum absolute atomic E-state index is 13.3. The lowest BCUT2D eigenvalue weighted by atomic mass is 9.96. The molecule has 2 aromatic heterocycles. The Morgan fingerprint density at radius 1 is 1.34 bits per heavy atom. The Bertz CT molecular complexity index is 1120. The summed E-state index contributed by atoms with van der Waals surface area (Å²) < 4.78 is 11.6. The second kappa shape index (κ2) is 7.81. The third-order valence-electron chi connectivity index (χ3n) is 4.79. The van der Waals surface area contributed by atoms with Gasteiger partial charge in [0.2, 0.25) is 5.78 Å². The van der Waals surface area contributed by atoms with E-state index in [4.69, 9.17) is 9.15 Å². The molecule has 1 aromatic carbocycles. The maximum atomic E-state index is 13.3. The number of hydrogen-bond donors (Lipinski definition) is 1. The van der Waals surface area contributed by atoms with E-state index in [0.29, 0.717) is 11.1 Å². The third-order valence-corrected chi connectivity index (χ3v) is 5.28. The lowest BCUT2D eigenvalue weighted by Gasteiger charge is -2.26. The number of Topliss-reactive ketones (excluding diaryl/α,β-unsaturated/α-hetero) is 1. The Morgan fingerprint density at radius 3 is 2.90 bits per heavy atom. The number of furan rings is 1. The first-order chi connectivity index (χ1) is 14.0. The van der Waals surface area contributed by atoms with E-state index in [2.05, 4.69) is 20.9 Å². The largest absolute Gasteiger partial charge is 0.503 e. The molecule has 1 atom stereocenters. The fourth-order valence-corrected chi connectivity index (χ4v) is 3.83. The van der Waals surface area contributed by atoms with Crippen LogP contribution in [0.4, 0.5) is 0 Å². The van der Waals surface area contributed by atoms with Crippen LogP contribution in [0.25, 0.3) is 11.0 Å². The highest BCUT2D eigenvalue weighted by Gasteiger charge is 2.44. The number of aromatic nitrogens is 1. The lowest BCUT2D eigenvalue weighted by Crippen LogP contribution is -2.34. The van der Waals surface area contributed by atoms with E-state index in [-0.39, 0.29) is 24.5 Å². The van der Waals surface area contributed by atoms with Crippen molar-refractivity contribution < 1.29 is 23.8 Å². The predicted molar refractivity (Wildman–Crippen MR) is 108 cm³/mol. The molecule has 3 heterocycles. The van der Waals surface area contributed by atoms with Gasteiger partial charge in [0.25, 0.3) is 5.91 Å². The summed E-state index contributed by atoms with van der Waals surface area (Å²) in [6.45, 7) is 0.471. The second-order valence-corrected chi connectivity index (χ2v) is 7.48. The zero-order valence-electron chi connectivity index (χ0n) is 15.5. The van der Waals surface area contributed by atoms with Gasteiger partial charge in [0.15, 0.2) is 11.5 Å². The summed E-state index contributed by atoms with van der Waals surface area (Å²) in [6.07, 6.45) is 3.17. The molecule has 4 rings (SSSR count). The van der Waals surface area contributed by atoms with Crippen molar-refractivity contribution in [1.82, 2.24) is 9.88 Å². The van der Waals surface area contributed by atoms with Crippen LogP contribution in [0.3, 0.4) is 0 Å². The molecule has 0 spiro atoms. The van der Waals surface area contributed by atoms with Crippen LogP contribution in [0.15, 0.2) is 69.0 Å². The van der Waals surface area contributed by atoms with Gasteiger partial charge in [-0.25, -0.2) is 0 Å². The van der Waals surface area contributed by atoms with Crippen molar-refractivity contribution >= 4 is 38.6 Å². The summed E-state index contributed by atoms with van der Waals surface area (Å²) in [6, 6.07) is 9.67. The number of rotatable bonds is 6. The first kappa shape index (κ1) is 19.4. The van der Waals surface area contributed by atoms with Gasteiger partial charge in [-0.1, -0.05) is 22.0 Å².